The lowest BCUT2D eigenvalue weighted by molar-refractivity contribution is -0.384. The molecule has 1 N–H and O–H groups in total. The molecule has 0 radical (unpaired) electrons. The van der Waals surface area contributed by atoms with Crippen LogP contribution >= 0.6 is 0 Å². The van der Waals surface area contributed by atoms with Crippen molar-refractivity contribution >= 4 is 11.7 Å². The number of nitro benzene ring substituents is 1. The molecule has 9 nitrogen and oxygen atoms in total. The molecule has 0 atom stereocenters. The summed E-state index contributed by atoms with van der Waals surface area (Å²) in [5.41, 5.74) is -1.32. The first kappa shape index (κ1) is 15.7. The normalized spacial score (nSPS) is 13.5. The molecule has 24 heavy (non-hydrogen) atoms. The van der Waals surface area contributed by atoms with Crippen molar-refractivity contribution in [1.29, 1.82) is 0 Å². The Labute approximate surface area is 135 Å². The van der Waals surface area contributed by atoms with Crippen molar-refractivity contribution in [2.45, 2.75) is 18.9 Å². The average Bonchev–Trinajstić information content (AvgIpc) is 3.39. The van der Waals surface area contributed by atoms with Crippen LogP contribution in [0.15, 0.2) is 29.1 Å². The van der Waals surface area contributed by atoms with Crippen molar-refractivity contribution in [3.63, 3.8) is 0 Å². The van der Waals surface area contributed by atoms with E-state index in [1.54, 1.807) is 0 Å². The number of hydrogen-bond acceptors (Lipinski definition) is 7. The number of hydrogen-bond donors (Lipinski definition) is 1. The summed E-state index contributed by atoms with van der Waals surface area (Å²) in [5, 5.41) is 25.4. The van der Waals surface area contributed by atoms with E-state index in [-0.39, 0.29) is 23.0 Å². The third kappa shape index (κ3) is 2.60. The van der Waals surface area contributed by atoms with Gasteiger partial charge in [0.1, 0.15) is 5.69 Å². The van der Waals surface area contributed by atoms with Gasteiger partial charge >= 0.3 is 5.97 Å². The molecule has 0 unspecified atom stereocenters. The molecule has 1 heterocycles. The Balaban J connectivity index is 2.26. The molecular formula is C15H13N3O6. The quantitative estimate of drug-likeness (QED) is 0.513. The number of aromatic hydroxyl groups is 1. The molecule has 1 aromatic carbocycles. The minimum absolute atomic E-state index is 0.0781. The number of aromatic nitrogens is 2. The lowest BCUT2D eigenvalue weighted by Gasteiger charge is -2.11. The Morgan fingerprint density at radius 2 is 2.17 bits per heavy atom. The molecular weight excluding hydrogens is 318 g/mol. The monoisotopic (exact) mass is 331 g/mol. The molecule has 0 spiro atoms. The molecule has 124 valence electrons. The maximum atomic E-state index is 12.4. The van der Waals surface area contributed by atoms with Gasteiger partial charge in [0.05, 0.1) is 18.1 Å². The van der Waals surface area contributed by atoms with Crippen LogP contribution in [-0.2, 0) is 4.74 Å². The van der Waals surface area contributed by atoms with E-state index in [1.807, 2.05) is 0 Å². The first-order valence-corrected chi connectivity index (χ1v) is 7.13. The molecule has 1 aliphatic carbocycles. The highest BCUT2D eigenvalue weighted by Crippen LogP contribution is 2.36. The maximum Gasteiger partial charge on any atom is 0.347 e. The minimum atomic E-state index is -0.985. The molecule has 1 fully saturated rings. The molecule has 0 bridgehead atoms. The van der Waals surface area contributed by atoms with Gasteiger partial charge in [0.15, 0.2) is 11.3 Å². The summed E-state index contributed by atoms with van der Waals surface area (Å²) in [6.07, 6.45) is 1.46. The van der Waals surface area contributed by atoms with Gasteiger partial charge in [-0.05, 0) is 12.8 Å². The number of carbonyl (C=O) groups excluding carboxylic acids is 1. The highest BCUT2D eigenvalue weighted by molar-refractivity contribution is 5.94. The molecule has 0 aliphatic heterocycles. The summed E-state index contributed by atoms with van der Waals surface area (Å²) < 4.78 is 5.68. The number of ether oxygens (including phenoxy) is 1. The van der Waals surface area contributed by atoms with Crippen molar-refractivity contribution in [3.05, 3.63) is 50.3 Å². The third-order valence-electron chi connectivity index (χ3n) is 3.70. The van der Waals surface area contributed by atoms with E-state index >= 15 is 0 Å². The second-order valence-electron chi connectivity index (χ2n) is 5.35. The fraction of sp³-hybridized carbons (Fsp3) is 0.267. The second kappa shape index (κ2) is 5.76. The Kier molecular flexibility index (Phi) is 3.76. The number of benzene rings is 1. The van der Waals surface area contributed by atoms with Crippen LogP contribution in [0.3, 0.4) is 0 Å². The smallest absolute Gasteiger partial charge is 0.347 e. The lowest BCUT2D eigenvalue weighted by atomic mass is 10.1. The fourth-order valence-electron chi connectivity index (χ4n) is 2.35. The summed E-state index contributed by atoms with van der Waals surface area (Å²) >= 11 is 0. The van der Waals surface area contributed by atoms with Crippen molar-refractivity contribution in [1.82, 2.24) is 9.78 Å². The second-order valence-corrected chi connectivity index (χ2v) is 5.35. The average molecular weight is 331 g/mol. The Morgan fingerprint density at radius 3 is 2.75 bits per heavy atom. The van der Waals surface area contributed by atoms with Gasteiger partial charge in [-0.1, -0.05) is 12.1 Å². The zero-order chi connectivity index (χ0) is 17.4. The number of non-ortho nitro benzene ring substituents is 1. The Hall–Kier alpha value is -3.23. The van der Waals surface area contributed by atoms with Crippen molar-refractivity contribution in [2.75, 3.05) is 7.11 Å². The summed E-state index contributed by atoms with van der Waals surface area (Å²) in [6, 6.07) is 5.28. The van der Waals surface area contributed by atoms with Crippen molar-refractivity contribution in [3.8, 4) is 17.0 Å². The fourth-order valence-corrected chi connectivity index (χ4v) is 2.35. The van der Waals surface area contributed by atoms with Gasteiger partial charge in [0.25, 0.3) is 11.2 Å². The summed E-state index contributed by atoms with van der Waals surface area (Å²) in [4.78, 5) is 34.6. The molecule has 1 saturated carbocycles. The van der Waals surface area contributed by atoms with E-state index in [2.05, 4.69) is 9.84 Å². The summed E-state index contributed by atoms with van der Waals surface area (Å²) in [7, 11) is 1.09. The van der Waals surface area contributed by atoms with Gasteiger partial charge in [-0.25, -0.2) is 9.48 Å². The van der Waals surface area contributed by atoms with E-state index in [0.29, 0.717) is 0 Å². The molecule has 9 heteroatoms. The van der Waals surface area contributed by atoms with E-state index in [9.17, 15) is 24.8 Å². The van der Waals surface area contributed by atoms with Crippen LogP contribution in [0, 0.1) is 10.1 Å². The summed E-state index contributed by atoms with van der Waals surface area (Å²) in [6.45, 7) is 0. The van der Waals surface area contributed by atoms with Crippen LogP contribution < -0.4 is 5.56 Å². The molecule has 0 saturated heterocycles. The van der Waals surface area contributed by atoms with Gasteiger partial charge in [-0.3, -0.25) is 14.9 Å². The lowest BCUT2D eigenvalue weighted by Crippen LogP contribution is -2.29. The SMILES string of the molecule is COC(=O)c1c(O)c(-c2cccc([N+](=O)[O-])c2)nn(C2CC2)c1=O. The van der Waals surface area contributed by atoms with Crippen molar-refractivity contribution < 1.29 is 19.6 Å². The molecule has 0 amide bonds. The maximum absolute atomic E-state index is 12.4. The number of methoxy groups -OCH3 is 1. The van der Waals surface area contributed by atoms with E-state index in [1.165, 1.54) is 24.3 Å². The van der Waals surface area contributed by atoms with Crippen LogP contribution in [-0.4, -0.2) is 32.9 Å². The van der Waals surface area contributed by atoms with Crippen LogP contribution in [0.5, 0.6) is 5.75 Å². The molecule has 3 rings (SSSR count). The van der Waals surface area contributed by atoms with E-state index in [4.69, 9.17) is 0 Å². The third-order valence-corrected chi connectivity index (χ3v) is 3.70. The Morgan fingerprint density at radius 1 is 1.46 bits per heavy atom. The van der Waals surface area contributed by atoms with Crippen LogP contribution in [0.4, 0.5) is 5.69 Å². The van der Waals surface area contributed by atoms with Crippen LogP contribution in [0.25, 0.3) is 11.3 Å². The highest BCUT2D eigenvalue weighted by Gasteiger charge is 2.32. The van der Waals surface area contributed by atoms with Gasteiger partial charge in [-0.2, -0.15) is 5.10 Å². The largest absolute Gasteiger partial charge is 0.505 e. The number of nitrogens with zero attached hydrogens (tertiary/aromatic N) is 3. The van der Waals surface area contributed by atoms with Crippen LogP contribution in [0.2, 0.25) is 0 Å². The first-order valence-electron chi connectivity index (χ1n) is 7.13. The molecule has 2 aromatic rings. The van der Waals surface area contributed by atoms with Crippen molar-refractivity contribution in [2.24, 2.45) is 0 Å². The minimum Gasteiger partial charge on any atom is -0.505 e. The van der Waals surface area contributed by atoms with Crippen LogP contribution in [0.1, 0.15) is 29.2 Å². The summed E-state index contributed by atoms with van der Waals surface area (Å²) in [5.74, 6) is -1.63. The zero-order valence-electron chi connectivity index (χ0n) is 12.6. The van der Waals surface area contributed by atoms with Gasteiger partial charge in [0.2, 0.25) is 0 Å². The standard InChI is InChI=1S/C15H13N3O6/c1-24-15(21)11-13(19)12(16-17(14(11)20)9-5-6-9)8-3-2-4-10(7-8)18(22)23/h2-4,7,9,19H,5-6H2,1H3. The number of esters is 1. The first-order chi connectivity index (χ1) is 11.4. The van der Waals surface area contributed by atoms with E-state index in [0.717, 1.165) is 24.6 Å². The predicted molar refractivity (Wildman–Crippen MR) is 81.9 cm³/mol. The predicted octanol–water partition coefficient (Wildman–Crippen LogP) is 1.65. The highest BCUT2D eigenvalue weighted by atomic mass is 16.6. The van der Waals surface area contributed by atoms with Gasteiger partial charge in [0, 0.05) is 17.7 Å². The number of nitro groups is 1. The Bertz CT molecular complexity index is 901. The van der Waals surface area contributed by atoms with Gasteiger partial charge in [-0.15, -0.1) is 0 Å². The molecule has 1 aliphatic rings. The number of carbonyl (C=O) groups is 1. The number of rotatable bonds is 4. The topological polar surface area (TPSA) is 125 Å². The molecule has 1 aromatic heterocycles. The zero-order valence-corrected chi connectivity index (χ0v) is 12.6. The van der Waals surface area contributed by atoms with E-state index < -0.39 is 27.8 Å². The van der Waals surface area contributed by atoms with Gasteiger partial charge < -0.3 is 9.84 Å².